The summed E-state index contributed by atoms with van der Waals surface area (Å²) in [5.41, 5.74) is 1.34. The predicted octanol–water partition coefficient (Wildman–Crippen LogP) is 6.01. The molecule has 0 aromatic heterocycles. The molecular formula is C33H32O10. The van der Waals surface area contributed by atoms with E-state index in [1.54, 1.807) is 6.92 Å². The van der Waals surface area contributed by atoms with E-state index >= 15 is 0 Å². The van der Waals surface area contributed by atoms with Crippen LogP contribution in [0, 0.1) is 0 Å². The summed E-state index contributed by atoms with van der Waals surface area (Å²) in [5, 5.41) is 0. The molecule has 2 aromatic rings. The Kier molecular flexibility index (Phi) is 11.3. The molecule has 0 amide bonds. The second-order valence-corrected chi connectivity index (χ2v) is 9.62. The SMILES string of the molecule is C=C(C)C(=O)Oc1cc(OC(=O)C(=C)C)cc(C(C)=C(C)C(=O)Oc2ccc(OC(=O)C(=C)C)cc2OC(=O)C(=C)C)c1. The van der Waals surface area contributed by atoms with E-state index in [4.69, 9.17) is 23.7 Å². The lowest BCUT2D eigenvalue weighted by molar-refractivity contribution is -0.132. The minimum absolute atomic E-state index is 0.0127. The molecule has 0 aliphatic heterocycles. The standard InChI is InChI=1S/C33H32O10/c1-17(2)29(34)39-24-11-12-27(28(16-24)43-32(37)20(7)8)42-33(38)22(10)21(9)23-13-25(40-30(35)18(3)4)15-26(14-23)41-31(36)19(5)6/h11-16H,1,3,5,7H2,2,4,6,8-10H3. The number of carbonyl (C=O) groups excluding carboxylic acids is 5. The van der Waals surface area contributed by atoms with Crippen LogP contribution in [0.25, 0.3) is 5.57 Å². The molecular weight excluding hydrogens is 556 g/mol. The number of allylic oxidation sites excluding steroid dienone is 1. The number of carbonyl (C=O) groups is 5. The topological polar surface area (TPSA) is 132 Å². The molecule has 0 N–H and O–H groups in total. The van der Waals surface area contributed by atoms with Gasteiger partial charge >= 0.3 is 29.8 Å². The second-order valence-electron chi connectivity index (χ2n) is 9.62. The third-order valence-corrected chi connectivity index (χ3v) is 5.53. The Morgan fingerprint density at radius 3 is 1.30 bits per heavy atom. The van der Waals surface area contributed by atoms with Crippen molar-refractivity contribution in [3.8, 4) is 28.7 Å². The highest BCUT2D eigenvalue weighted by atomic mass is 16.6. The van der Waals surface area contributed by atoms with Gasteiger partial charge in [-0.25, -0.2) is 24.0 Å². The molecule has 0 fully saturated rings. The molecule has 0 aliphatic rings. The molecule has 0 radical (unpaired) electrons. The number of rotatable bonds is 11. The largest absolute Gasteiger partial charge is 0.423 e. The molecule has 43 heavy (non-hydrogen) atoms. The molecule has 2 rings (SSSR count). The van der Waals surface area contributed by atoms with Crippen molar-refractivity contribution in [3.05, 3.63) is 96.1 Å². The van der Waals surface area contributed by atoms with Crippen molar-refractivity contribution in [1.82, 2.24) is 0 Å². The average molecular weight is 589 g/mol. The van der Waals surface area contributed by atoms with Crippen LogP contribution in [-0.2, 0) is 24.0 Å². The fourth-order valence-corrected chi connectivity index (χ4v) is 2.94. The van der Waals surface area contributed by atoms with Gasteiger partial charge in [0.2, 0.25) is 0 Å². The normalized spacial score (nSPS) is 10.8. The Morgan fingerprint density at radius 1 is 0.465 bits per heavy atom. The van der Waals surface area contributed by atoms with Gasteiger partial charge in [-0.3, -0.25) is 0 Å². The highest BCUT2D eigenvalue weighted by molar-refractivity contribution is 5.99. The molecule has 0 spiro atoms. The lowest BCUT2D eigenvalue weighted by atomic mass is 10.0. The molecule has 0 saturated carbocycles. The Hall–Kier alpha value is -5.51. The van der Waals surface area contributed by atoms with Crippen LogP contribution < -0.4 is 23.7 Å². The van der Waals surface area contributed by atoms with Crippen LogP contribution in [0.2, 0.25) is 0 Å². The van der Waals surface area contributed by atoms with Crippen molar-refractivity contribution in [2.75, 3.05) is 0 Å². The number of hydrogen-bond acceptors (Lipinski definition) is 10. The minimum Gasteiger partial charge on any atom is -0.423 e. The van der Waals surface area contributed by atoms with E-state index in [2.05, 4.69) is 26.3 Å². The minimum atomic E-state index is -0.832. The van der Waals surface area contributed by atoms with Crippen molar-refractivity contribution >= 4 is 35.4 Å². The van der Waals surface area contributed by atoms with Crippen molar-refractivity contribution in [1.29, 1.82) is 0 Å². The van der Waals surface area contributed by atoms with Gasteiger partial charge in [-0.1, -0.05) is 26.3 Å². The first kappa shape index (κ1) is 33.7. The van der Waals surface area contributed by atoms with Gasteiger partial charge in [0.25, 0.3) is 0 Å². The van der Waals surface area contributed by atoms with E-state index in [-0.39, 0.29) is 56.6 Å². The van der Waals surface area contributed by atoms with Gasteiger partial charge in [-0.15, -0.1) is 0 Å². The van der Waals surface area contributed by atoms with Crippen LogP contribution in [0.4, 0.5) is 0 Å². The lowest BCUT2D eigenvalue weighted by Crippen LogP contribution is -2.14. The van der Waals surface area contributed by atoms with Gasteiger partial charge < -0.3 is 23.7 Å². The third-order valence-electron chi connectivity index (χ3n) is 5.53. The number of ether oxygens (including phenoxy) is 5. The summed E-state index contributed by atoms with van der Waals surface area (Å²) in [4.78, 5) is 61.7. The molecule has 2 aromatic carbocycles. The molecule has 0 atom stereocenters. The molecule has 0 unspecified atom stereocenters. The Balaban J connectivity index is 2.51. The van der Waals surface area contributed by atoms with E-state index < -0.39 is 29.8 Å². The number of benzene rings is 2. The van der Waals surface area contributed by atoms with Gasteiger partial charge in [0, 0.05) is 40.0 Å². The van der Waals surface area contributed by atoms with E-state index in [1.165, 1.54) is 71.0 Å². The summed E-state index contributed by atoms with van der Waals surface area (Å²) in [6.07, 6.45) is 0. The fraction of sp³-hybridized carbons (Fsp3) is 0.182. The highest BCUT2D eigenvalue weighted by Crippen LogP contribution is 2.34. The summed E-state index contributed by atoms with van der Waals surface area (Å²) in [5.74, 6) is -4.04. The maximum Gasteiger partial charge on any atom is 0.339 e. The van der Waals surface area contributed by atoms with E-state index in [0.29, 0.717) is 11.1 Å². The van der Waals surface area contributed by atoms with Gasteiger partial charge in [-0.2, -0.15) is 0 Å². The molecule has 0 bridgehead atoms. The molecule has 10 nitrogen and oxygen atoms in total. The predicted molar refractivity (Wildman–Crippen MR) is 159 cm³/mol. The highest BCUT2D eigenvalue weighted by Gasteiger charge is 2.20. The van der Waals surface area contributed by atoms with Crippen molar-refractivity contribution in [2.45, 2.75) is 41.5 Å². The monoisotopic (exact) mass is 588 g/mol. The molecule has 10 heteroatoms. The van der Waals surface area contributed by atoms with Crippen molar-refractivity contribution in [3.63, 3.8) is 0 Å². The first-order valence-corrected chi connectivity index (χ1v) is 12.7. The first-order valence-electron chi connectivity index (χ1n) is 12.7. The average Bonchev–Trinajstić information content (AvgIpc) is 2.92. The van der Waals surface area contributed by atoms with E-state index in [9.17, 15) is 24.0 Å². The maximum absolute atomic E-state index is 13.2. The van der Waals surface area contributed by atoms with E-state index in [0.717, 1.165) is 0 Å². The van der Waals surface area contributed by atoms with Crippen LogP contribution in [0.15, 0.2) is 90.6 Å². The van der Waals surface area contributed by atoms with Crippen molar-refractivity contribution < 1.29 is 47.7 Å². The summed E-state index contributed by atoms with van der Waals surface area (Å²) in [6.45, 7) is 23.1. The first-order chi connectivity index (χ1) is 20.0. The van der Waals surface area contributed by atoms with Gasteiger partial charge in [-0.05, 0) is 76.9 Å². The smallest absolute Gasteiger partial charge is 0.339 e. The van der Waals surface area contributed by atoms with Gasteiger partial charge in [0.15, 0.2) is 11.5 Å². The van der Waals surface area contributed by atoms with Crippen LogP contribution in [0.5, 0.6) is 28.7 Å². The van der Waals surface area contributed by atoms with Crippen LogP contribution >= 0.6 is 0 Å². The summed E-state index contributed by atoms with van der Waals surface area (Å²) in [7, 11) is 0. The number of esters is 5. The summed E-state index contributed by atoms with van der Waals surface area (Å²) < 4.78 is 26.7. The van der Waals surface area contributed by atoms with Crippen LogP contribution in [0.1, 0.15) is 47.1 Å². The zero-order chi connectivity index (χ0) is 32.6. The van der Waals surface area contributed by atoms with Crippen molar-refractivity contribution in [2.24, 2.45) is 0 Å². The Labute approximate surface area is 249 Å². The second kappa shape index (κ2) is 14.4. The van der Waals surface area contributed by atoms with E-state index in [1.807, 2.05) is 0 Å². The molecule has 224 valence electrons. The quantitative estimate of drug-likeness (QED) is 0.175. The number of hydrogen-bond donors (Lipinski definition) is 0. The lowest BCUT2D eigenvalue weighted by Gasteiger charge is -2.15. The molecule has 0 heterocycles. The van der Waals surface area contributed by atoms with Crippen LogP contribution in [0.3, 0.4) is 0 Å². The molecule has 0 aliphatic carbocycles. The Morgan fingerprint density at radius 2 is 0.860 bits per heavy atom. The third kappa shape index (κ3) is 9.53. The zero-order valence-corrected chi connectivity index (χ0v) is 24.9. The summed E-state index contributed by atoms with van der Waals surface area (Å²) >= 11 is 0. The fourth-order valence-electron chi connectivity index (χ4n) is 2.94. The van der Waals surface area contributed by atoms with Gasteiger partial charge in [0.05, 0.1) is 0 Å². The molecule has 0 saturated heterocycles. The summed E-state index contributed by atoms with van der Waals surface area (Å²) in [6, 6.07) is 8.10. The zero-order valence-electron chi connectivity index (χ0n) is 24.9. The van der Waals surface area contributed by atoms with Crippen LogP contribution in [-0.4, -0.2) is 29.8 Å². The maximum atomic E-state index is 13.2. The van der Waals surface area contributed by atoms with Gasteiger partial charge in [0.1, 0.15) is 17.2 Å². The Bertz CT molecular complexity index is 1560.